The summed E-state index contributed by atoms with van der Waals surface area (Å²) in [6.45, 7) is 1.39. The van der Waals surface area contributed by atoms with Gasteiger partial charge in [0.2, 0.25) is 0 Å². The lowest BCUT2D eigenvalue weighted by Crippen LogP contribution is -2.34. The van der Waals surface area contributed by atoms with Crippen molar-refractivity contribution in [2.45, 2.75) is 32.6 Å². The van der Waals surface area contributed by atoms with Gasteiger partial charge in [-0.25, -0.2) is 0 Å². The summed E-state index contributed by atoms with van der Waals surface area (Å²) in [5, 5.41) is 12.7. The van der Waals surface area contributed by atoms with Gasteiger partial charge in [-0.1, -0.05) is 17.7 Å². The standard InChI is InChI=1S/C12H16ClF2NO2/c1-12(2,17)7-16-6-8-3-4-10(9(13)5-8)18-11(14)15/h3-5,11,16-17H,6-7H2,1-2H3. The quantitative estimate of drug-likeness (QED) is 0.841. The number of rotatable bonds is 6. The summed E-state index contributed by atoms with van der Waals surface area (Å²) in [7, 11) is 0. The van der Waals surface area contributed by atoms with E-state index in [0.29, 0.717) is 13.1 Å². The molecule has 0 bridgehead atoms. The predicted octanol–water partition coefficient (Wildman–Crippen LogP) is 2.80. The summed E-state index contributed by atoms with van der Waals surface area (Å²) in [5.74, 6) is -0.0436. The molecule has 0 radical (unpaired) electrons. The molecule has 1 aromatic carbocycles. The molecule has 6 heteroatoms. The van der Waals surface area contributed by atoms with Crippen LogP contribution in [-0.4, -0.2) is 23.9 Å². The Labute approximate surface area is 110 Å². The highest BCUT2D eigenvalue weighted by molar-refractivity contribution is 6.32. The Kier molecular flexibility index (Phi) is 5.31. The van der Waals surface area contributed by atoms with Crippen LogP contribution in [0.3, 0.4) is 0 Å². The lowest BCUT2D eigenvalue weighted by Gasteiger charge is -2.17. The van der Waals surface area contributed by atoms with Crippen molar-refractivity contribution >= 4 is 11.6 Å². The van der Waals surface area contributed by atoms with E-state index >= 15 is 0 Å². The van der Waals surface area contributed by atoms with Crippen molar-refractivity contribution in [3.05, 3.63) is 28.8 Å². The van der Waals surface area contributed by atoms with Gasteiger partial charge in [-0.15, -0.1) is 0 Å². The fraction of sp³-hybridized carbons (Fsp3) is 0.500. The molecular formula is C12H16ClF2NO2. The molecule has 18 heavy (non-hydrogen) atoms. The fourth-order valence-corrected chi connectivity index (χ4v) is 1.61. The van der Waals surface area contributed by atoms with Gasteiger partial charge < -0.3 is 15.2 Å². The first kappa shape index (κ1) is 15.1. The number of ether oxygens (including phenoxy) is 1. The number of aliphatic hydroxyl groups is 1. The minimum Gasteiger partial charge on any atom is -0.433 e. The molecule has 2 N–H and O–H groups in total. The lowest BCUT2D eigenvalue weighted by molar-refractivity contribution is -0.0498. The number of halogens is 3. The molecule has 102 valence electrons. The van der Waals surface area contributed by atoms with Crippen molar-refractivity contribution in [1.29, 1.82) is 0 Å². The van der Waals surface area contributed by atoms with Crippen molar-refractivity contribution in [2.24, 2.45) is 0 Å². The van der Waals surface area contributed by atoms with E-state index in [2.05, 4.69) is 10.1 Å². The largest absolute Gasteiger partial charge is 0.433 e. The van der Waals surface area contributed by atoms with Crippen LogP contribution in [0.2, 0.25) is 5.02 Å². The number of hydrogen-bond acceptors (Lipinski definition) is 3. The Hall–Kier alpha value is -0.910. The number of benzene rings is 1. The molecule has 0 heterocycles. The Bertz CT molecular complexity index is 394. The summed E-state index contributed by atoms with van der Waals surface area (Å²) < 4.78 is 28.3. The highest BCUT2D eigenvalue weighted by atomic mass is 35.5. The van der Waals surface area contributed by atoms with E-state index in [1.165, 1.54) is 6.07 Å². The SMILES string of the molecule is CC(C)(O)CNCc1ccc(OC(F)F)c(Cl)c1. The molecule has 0 unspecified atom stereocenters. The van der Waals surface area contributed by atoms with Crippen molar-refractivity contribution in [2.75, 3.05) is 6.54 Å². The van der Waals surface area contributed by atoms with Crippen molar-refractivity contribution in [1.82, 2.24) is 5.32 Å². The van der Waals surface area contributed by atoms with Crippen LogP contribution < -0.4 is 10.1 Å². The lowest BCUT2D eigenvalue weighted by atomic mass is 10.1. The maximum absolute atomic E-state index is 12.0. The van der Waals surface area contributed by atoms with Gasteiger partial charge in [0.15, 0.2) is 0 Å². The van der Waals surface area contributed by atoms with Gasteiger partial charge in [-0.2, -0.15) is 8.78 Å². The zero-order valence-electron chi connectivity index (χ0n) is 10.2. The van der Waals surface area contributed by atoms with Crippen LogP contribution in [0.15, 0.2) is 18.2 Å². The predicted molar refractivity (Wildman–Crippen MR) is 66.1 cm³/mol. The van der Waals surface area contributed by atoms with Crippen LogP contribution in [0.5, 0.6) is 5.75 Å². The van der Waals surface area contributed by atoms with Gasteiger partial charge in [0.1, 0.15) is 5.75 Å². The fourth-order valence-electron chi connectivity index (χ4n) is 1.36. The van der Waals surface area contributed by atoms with Crippen molar-refractivity contribution in [3.63, 3.8) is 0 Å². The van der Waals surface area contributed by atoms with Gasteiger partial charge in [0.05, 0.1) is 10.6 Å². The second-order valence-corrected chi connectivity index (χ2v) is 4.97. The van der Waals surface area contributed by atoms with Gasteiger partial charge >= 0.3 is 6.61 Å². The molecule has 0 atom stereocenters. The third-order valence-electron chi connectivity index (χ3n) is 2.10. The molecule has 0 spiro atoms. The molecule has 0 aliphatic carbocycles. The first-order valence-electron chi connectivity index (χ1n) is 5.44. The van der Waals surface area contributed by atoms with E-state index in [4.69, 9.17) is 11.6 Å². The molecule has 3 nitrogen and oxygen atoms in total. The van der Waals surface area contributed by atoms with E-state index in [-0.39, 0.29) is 10.8 Å². The van der Waals surface area contributed by atoms with E-state index in [1.54, 1.807) is 26.0 Å². The van der Waals surface area contributed by atoms with Crippen LogP contribution in [0.4, 0.5) is 8.78 Å². The molecule has 0 saturated carbocycles. The molecule has 0 fully saturated rings. The first-order valence-corrected chi connectivity index (χ1v) is 5.82. The molecule has 0 aromatic heterocycles. The van der Waals surface area contributed by atoms with Crippen LogP contribution in [0.1, 0.15) is 19.4 Å². The third-order valence-corrected chi connectivity index (χ3v) is 2.39. The smallest absolute Gasteiger partial charge is 0.387 e. The van der Waals surface area contributed by atoms with Crippen LogP contribution >= 0.6 is 11.6 Å². The maximum atomic E-state index is 12.0. The number of alkyl halides is 2. The van der Waals surface area contributed by atoms with Crippen molar-refractivity contribution in [3.8, 4) is 5.75 Å². The average Bonchev–Trinajstić information content (AvgIpc) is 2.19. The topological polar surface area (TPSA) is 41.5 Å². The van der Waals surface area contributed by atoms with Gasteiger partial charge in [0.25, 0.3) is 0 Å². The molecule has 0 aliphatic heterocycles. The summed E-state index contributed by atoms with van der Waals surface area (Å²) in [6, 6.07) is 4.59. The monoisotopic (exact) mass is 279 g/mol. The zero-order valence-corrected chi connectivity index (χ0v) is 11.0. The molecule has 0 aliphatic rings. The maximum Gasteiger partial charge on any atom is 0.387 e. The Morgan fingerprint density at radius 1 is 1.44 bits per heavy atom. The number of hydrogen-bond donors (Lipinski definition) is 2. The van der Waals surface area contributed by atoms with Gasteiger partial charge in [-0.05, 0) is 31.5 Å². The minimum absolute atomic E-state index is 0.0436. The minimum atomic E-state index is -2.89. The van der Waals surface area contributed by atoms with Crippen LogP contribution in [0, 0.1) is 0 Å². The normalized spacial score (nSPS) is 11.9. The summed E-state index contributed by atoms with van der Waals surface area (Å²) >= 11 is 5.81. The molecule has 1 aromatic rings. The van der Waals surface area contributed by atoms with Crippen molar-refractivity contribution < 1.29 is 18.6 Å². The van der Waals surface area contributed by atoms with Gasteiger partial charge in [-0.3, -0.25) is 0 Å². The Morgan fingerprint density at radius 2 is 2.11 bits per heavy atom. The van der Waals surface area contributed by atoms with E-state index < -0.39 is 12.2 Å². The third kappa shape index (κ3) is 5.62. The first-order chi connectivity index (χ1) is 8.28. The average molecular weight is 280 g/mol. The summed E-state index contributed by atoms with van der Waals surface area (Å²) in [5.41, 5.74) is 0.0218. The molecular weight excluding hydrogens is 264 g/mol. The molecule has 0 saturated heterocycles. The Morgan fingerprint density at radius 3 is 2.61 bits per heavy atom. The zero-order chi connectivity index (χ0) is 13.8. The molecule has 0 amide bonds. The Balaban J connectivity index is 2.56. The summed E-state index contributed by atoms with van der Waals surface area (Å²) in [6.07, 6.45) is 0. The second-order valence-electron chi connectivity index (χ2n) is 4.56. The molecule has 1 rings (SSSR count). The highest BCUT2D eigenvalue weighted by Gasteiger charge is 2.12. The highest BCUT2D eigenvalue weighted by Crippen LogP contribution is 2.26. The van der Waals surface area contributed by atoms with Gasteiger partial charge in [0, 0.05) is 13.1 Å². The van der Waals surface area contributed by atoms with E-state index in [1.807, 2.05) is 0 Å². The van der Waals surface area contributed by atoms with E-state index in [0.717, 1.165) is 5.56 Å². The van der Waals surface area contributed by atoms with Crippen LogP contribution in [0.25, 0.3) is 0 Å². The second kappa shape index (κ2) is 6.31. The van der Waals surface area contributed by atoms with Crippen LogP contribution in [-0.2, 0) is 6.54 Å². The number of nitrogens with one attached hydrogen (secondary N) is 1. The summed E-state index contributed by atoms with van der Waals surface area (Å²) in [4.78, 5) is 0. The van der Waals surface area contributed by atoms with E-state index in [9.17, 15) is 13.9 Å².